The summed E-state index contributed by atoms with van der Waals surface area (Å²) < 4.78 is 0. The third-order valence-corrected chi connectivity index (χ3v) is 3.05. The highest BCUT2D eigenvalue weighted by Gasteiger charge is 2.13. The first kappa shape index (κ1) is 18.6. The van der Waals surface area contributed by atoms with Gasteiger partial charge in [-0.25, -0.2) is 0 Å². The maximum absolute atomic E-state index is 8.81. The standard InChI is InChI=1S/C15H24N2.C2H4O/c1-4-6-8-15(9-7-5-2)14-17-12-10-16(3)11-13-17;1-2-3/h1,7-9H,5-6,10-14H2,2-3H3;2H,1H3/b9-7-,15-8+;. The van der Waals surface area contributed by atoms with E-state index in [1.807, 2.05) is 0 Å². The van der Waals surface area contributed by atoms with E-state index in [9.17, 15) is 0 Å². The lowest BCUT2D eigenvalue weighted by molar-refractivity contribution is -0.106. The number of piperazine rings is 1. The molecule has 0 unspecified atom stereocenters. The first-order valence-corrected chi connectivity index (χ1v) is 7.27. The second kappa shape index (κ2) is 12.7. The van der Waals surface area contributed by atoms with Crippen LogP contribution >= 0.6 is 0 Å². The third kappa shape index (κ3) is 9.55. The van der Waals surface area contributed by atoms with Crippen LogP contribution in [-0.2, 0) is 4.79 Å². The largest absolute Gasteiger partial charge is 0.304 e. The van der Waals surface area contributed by atoms with Crippen molar-refractivity contribution in [3.63, 3.8) is 0 Å². The highest BCUT2D eigenvalue weighted by molar-refractivity contribution is 5.44. The highest BCUT2D eigenvalue weighted by Crippen LogP contribution is 2.07. The molecule has 0 atom stereocenters. The van der Waals surface area contributed by atoms with Gasteiger partial charge >= 0.3 is 0 Å². The maximum Gasteiger partial charge on any atom is 0.116 e. The van der Waals surface area contributed by atoms with Gasteiger partial charge < -0.3 is 9.69 Å². The monoisotopic (exact) mass is 276 g/mol. The smallest absolute Gasteiger partial charge is 0.116 e. The number of aldehydes is 1. The zero-order valence-corrected chi connectivity index (χ0v) is 13.1. The van der Waals surface area contributed by atoms with Crippen molar-refractivity contribution in [2.24, 2.45) is 0 Å². The lowest BCUT2D eigenvalue weighted by atomic mass is 10.1. The van der Waals surface area contributed by atoms with E-state index in [1.54, 1.807) is 0 Å². The van der Waals surface area contributed by atoms with Gasteiger partial charge in [0.25, 0.3) is 0 Å². The van der Waals surface area contributed by atoms with Crippen molar-refractivity contribution in [1.29, 1.82) is 0 Å². The molecule has 20 heavy (non-hydrogen) atoms. The summed E-state index contributed by atoms with van der Waals surface area (Å²) in [4.78, 5) is 13.7. The van der Waals surface area contributed by atoms with Gasteiger partial charge in [-0.1, -0.05) is 25.2 Å². The second-order valence-corrected chi connectivity index (χ2v) is 4.81. The van der Waals surface area contributed by atoms with E-state index >= 15 is 0 Å². The minimum Gasteiger partial charge on any atom is -0.304 e. The predicted molar refractivity (Wildman–Crippen MR) is 86.6 cm³/mol. The lowest BCUT2D eigenvalue weighted by Gasteiger charge is -2.32. The molecule has 1 heterocycles. The number of allylic oxidation sites excluding steroid dienone is 2. The third-order valence-electron chi connectivity index (χ3n) is 3.05. The summed E-state index contributed by atoms with van der Waals surface area (Å²) in [5, 5.41) is 0. The molecule has 0 radical (unpaired) electrons. The lowest BCUT2D eigenvalue weighted by Crippen LogP contribution is -2.44. The molecule has 3 nitrogen and oxygen atoms in total. The predicted octanol–water partition coefficient (Wildman–Crippen LogP) is 2.35. The average Bonchev–Trinajstić information content (AvgIpc) is 2.45. The van der Waals surface area contributed by atoms with Gasteiger partial charge in [0, 0.05) is 39.1 Å². The van der Waals surface area contributed by atoms with Gasteiger partial charge in [-0.15, -0.1) is 12.3 Å². The summed E-state index contributed by atoms with van der Waals surface area (Å²) >= 11 is 0. The fourth-order valence-electron chi connectivity index (χ4n) is 1.91. The Balaban J connectivity index is 0.00000110. The molecule has 0 aromatic carbocycles. The Kier molecular flexibility index (Phi) is 11.8. The van der Waals surface area contributed by atoms with Crippen molar-refractivity contribution < 1.29 is 4.79 Å². The quantitative estimate of drug-likeness (QED) is 0.437. The highest BCUT2D eigenvalue weighted by atomic mass is 16.1. The summed E-state index contributed by atoms with van der Waals surface area (Å²) in [5.74, 6) is 2.68. The molecular formula is C17H28N2O. The van der Waals surface area contributed by atoms with E-state index in [1.165, 1.54) is 25.6 Å². The molecule has 1 fully saturated rings. The van der Waals surface area contributed by atoms with Crippen LogP contribution in [0.5, 0.6) is 0 Å². The molecule has 1 saturated heterocycles. The van der Waals surface area contributed by atoms with Gasteiger partial charge in [0.15, 0.2) is 0 Å². The van der Waals surface area contributed by atoms with Crippen LogP contribution in [0.4, 0.5) is 0 Å². The Morgan fingerprint density at radius 2 is 1.90 bits per heavy atom. The molecule has 0 saturated carbocycles. The Labute approximate surface area is 124 Å². The minimum absolute atomic E-state index is 0.733. The van der Waals surface area contributed by atoms with E-state index in [-0.39, 0.29) is 0 Å². The number of carbonyl (C=O) groups excluding carboxylic acids is 1. The van der Waals surface area contributed by atoms with E-state index in [2.05, 4.69) is 47.9 Å². The summed E-state index contributed by atoms with van der Waals surface area (Å²) in [7, 11) is 2.18. The van der Waals surface area contributed by atoms with Crippen molar-refractivity contribution in [2.45, 2.75) is 26.7 Å². The van der Waals surface area contributed by atoms with Crippen molar-refractivity contribution in [3.05, 3.63) is 23.8 Å². The average molecular weight is 276 g/mol. The van der Waals surface area contributed by atoms with E-state index in [0.717, 1.165) is 38.8 Å². The van der Waals surface area contributed by atoms with Crippen LogP contribution in [-0.4, -0.2) is 55.9 Å². The van der Waals surface area contributed by atoms with Crippen LogP contribution in [0.2, 0.25) is 0 Å². The molecule has 0 aromatic heterocycles. The van der Waals surface area contributed by atoms with Crippen molar-refractivity contribution in [3.8, 4) is 12.3 Å². The number of terminal acetylenes is 1. The van der Waals surface area contributed by atoms with Crippen LogP contribution < -0.4 is 0 Å². The van der Waals surface area contributed by atoms with E-state index in [4.69, 9.17) is 11.2 Å². The molecule has 0 spiro atoms. The molecule has 1 aliphatic heterocycles. The van der Waals surface area contributed by atoms with Crippen LogP contribution in [0.1, 0.15) is 26.7 Å². The molecule has 0 N–H and O–H groups in total. The van der Waals surface area contributed by atoms with Gasteiger partial charge in [0.05, 0.1) is 0 Å². The molecule has 0 bridgehead atoms. The maximum atomic E-state index is 8.81. The Morgan fingerprint density at radius 1 is 1.30 bits per heavy atom. The summed E-state index contributed by atoms with van der Waals surface area (Å²) in [6, 6.07) is 0. The number of hydrogen-bond acceptors (Lipinski definition) is 3. The van der Waals surface area contributed by atoms with Crippen LogP contribution in [0.3, 0.4) is 0 Å². The first-order chi connectivity index (χ1) is 9.67. The SMILES string of the molecule is C#CC/C=C(\C=C/CC)CN1CCN(C)CC1.CC=O. The number of hydrogen-bond donors (Lipinski definition) is 0. The fourth-order valence-corrected chi connectivity index (χ4v) is 1.91. The Bertz CT molecular complexity index is 344. The van der Waals surface area contributed by atoms with Crippen LogP contribution in [0.15, 0.2) is 23.8 Å². The first-order valence-electron chi connectivity index (χ1n) is 7.27. The summed E-state index contributed by atoms with van der Waals surface area (Å²) in [6.45, 7) is 9.28. The van der Waals surface area contributed by atoms with Gasteiger partial charge in [-0.3, -0.25) is 4.90 Å². The summed E-state index contributed by atoms with van der Waals surface area (Å²) in [5.41, 5.74) is 1.36. The number of carbonyl (C=O) groups is 1. The van der Waals surface area contributed by atoms with Crippen molar-refractivity contribution in [2.75, 3.05) is 39.8 Å². The topological polar surface area (TPSA) is 23.6 Å². The van der Waals surface area contributed by atoms with E-state index in [0.29, 0.717) is 0 Å². The van der Waals surface area contributed by atoms with Crippen molar-refractivity contribution >= 4 is 6.29 Å². The normalized spacial score (nSPS) is 17.4. The molecule has 0 aliphatic carbocycles. The molecule has 1 rings (SSSR count). The van der Waals surface area contributed by atoms with Gasteiger partial charge in [-0.05, 0) is 26.0 Å². The number of rotatable bonds is 5. The van der Waals surface area contributed by atoms with Crippen molar-refractivity contribution in [1.82, 2.24) is 9.80 Å². The molecule has 1 aliphatic rings. The Hall–Kier alpha value is -1.37. The van der Waals surface area contributed by atoms with Crippen LogP contribution in [0, 0.1) is 12.3 Å². The van der Waals surface area contributed by atoms with Gasteiger partial charge in [0.1, 0.15) is 6.29 Å². The molecular weight excluding hydrogens is 248 g/mol. The molecule has 3 heteroatoms. The van der Waals surface area contributed by atoms with E-state index < -0.39 is 0 Å². The summed E-state index contributed by atoms with van der Waals surface area (Å²) in [6.07, 6.45) is 14.5. The number of likely N-dealkylation sites (N-methyl/N-ethyl adjacent to an activating group) is 1. The zero-order chi connectivity index (χ0) is 15.2. The fraction of sp³-hybridized carbons (Fsp3) is 0.588. The molecule has 0 aromatic rings. The second-order valence-electron chi connectivity index (χ2n) is 4.81. The van der Waals surface area contributed by atoms with Crippen LogP contribution in [0.25, 0.3) is 0 Å². The number of nitrogens with zero attached hydrogens (tertiary/aromatic N) is 2. The molecule has 112 valence electrons. The Morgan fingerprint density at radius 3 is 2.40 bits per heavy atom. The van der Waals surface area contributed by atoms with Gasteiger partial charge in [-0.2, -0.15) is 0 Å². The van der Waals surface area contributed by atoms with Gasteiger partial charge in [0.2, 0.25) is 0 Å². The molecule has 0 amide bonds. The zero-order valence-electron chi connectivity index (χ0n) is 13.1. The minimum atomic E-state index is 0.733.